The summed E-state index contributed by atoms with van der Waals surface area (Å²) in [6, 6.07) is 19.7. The molecule has 0 aliphatic heterocycles. The molecule has 2 atom stereocenters. The fraction of sp³-hybridized carbons (Fsp3) is 0.231. The van der Waals surface area contributed by atoms with E-state index in [1.54, 1.807) is 12.1 Å². The highest BCUT2D eigenvalue weighted by atomic mass is 35.5. The molecule has 0 saturated heterocycles. The van der Waals surface area contributed by atoms with E-state index >= 15 is 0 Å². The molecule has 0 saturated carbocycles. The maximum atomic E-state index is 13.8. The quantitative estimate of drug-likeness (QED) is 0.346. The number of rotatable bonds is 11. The van der Waals surface area contributed by atoms with Gasteiger partial charge in [-0.3, -0.25) is 4.79 Å². The van der Waals surface area contributed by atoms with Crippen LogP contribution in [-0.2, 0) is 21.4 Å². The molecule has 0 heterocycles. The van der Waals surface area contributed by atoms with Gasteiger partial charge in [-0.1, -0.05) is 61.0 Å². The Morgan fingerprint density at radius 3 is 2.11 bits per heavy atom. The number of carbonyl (C=O) groups excluding carboxylic acids is 1. The van der Waals surface area contributed by atoms with Gasteiger partial charge < -0.3 is 15.5 Å². The molecule has 8 nitrogen and oxygen atoms in total. The molecule has 1 unspecified atom stereocenters. The van der Waals surface area contributed by atoms with Crippen molar-refractivity contribution in [2.75, 3.05) is 6.61 Å². The van der Waals surface area contributed by atoms with E-state index in [0.29, 0.717) is 17.0 Å². The van der Waals surface area contributed by atoms with E-state index < -0.39 is 40.6 Å². The number of carboxylic acids is 1. The van der Waals surface area contributed by atoms with Gasteiger partial charge >= 0.3 is 5.97 Å². The average molecular weight is 531 g/mol. The average Bonchev–Trinajstić information content (AvgIpc) is 2.88. The lowest BCUT2D eigenvalue weighted by Gasteiger charge is -2.31. The zero-order chi connectivity index (χ0) is 26.3. The van der Waals surface area contributed by atoms with Crippen molar-refractivity contribution in [1.82, 2.24) is 9.62 Å². The number of halogens is 1. The molecule has 0 aliphatic carbocycles. The van der Waals surface area contributed by atoms with Crippen LogP contribution in [0.25, 0.3) is 0 Å². The van der Waals surface area contributed by atoms with Crippen molar-refractivity contribution in [2.24, 2.45) is 0 Å². The number of amides is 1. The van der Waals surface area contributed by atoms with Crippen LogP contribution in [0, 0.1) is 0 Å². The molecule has 0 fully saturated rings. The van der Waals surface area contributed by atoms with Crippen LogP contribution in [-0.4, -0.2) is 47.5 Å². The van der Waals surface area contributed by atoms with Crippen LogP contribution in [0.15, 0.2) is 83.8 Å². The Morgan fingerprint density at radius 2 is 1.58 bits per heavy atom. The standard InChI is InChI=1S/C26H27ClN2O6S/c1-2-24(19-6-4-3-5-7-19)29(36(34,35)22-14-12-21(27)13-15-22)16-18-8-10-20(11-9-18)25(31)28-23(17-30)26(32)33/h3-15,23-24,30H,2,16-17H2,1H3,(H,28,31)(H,32,33)/t23-,24?/m1/s1. The lowest BCUT2D eigenvalue weighted by atomic mass is 10.0. The highest BCUT2D eigenvalue weighted by Crippen LogP contribution is 2.32. The Bertz CT molecular complexity index is 1280. The van der Waals surface area contributed by atoms with E-state index in [-0.39, 0.29) is 17.0 Å². The van der Waals surface area contributed by atoms with Crippen molar-refractivity contribution in [1.29, 1.82) is 0 Å². The maximum absolute atomic E-state index is 13.8. The third-order valence-corrected chi connectivity index (χ3v) is 7.80. The van der Waals surface area contributed by atoms with E-state index in [1.807, 2.05) is 37.3 Å². The van der Waals surface area contributed by atoms with Crippen molar-refractivity contribution in [3.8, 4) is 0 Å². The predicted octanol–water partition coefficient (Wildman–Crippen LogP) is 3.86. The molecule has 0 radical (unpaired) electrons. The Balaban J connectivity index is 1.94. The van der Waals surface area contributed by atoms with Crippen molar-refractivity contribution < 1.29 is 28.2 Å². The molecule has 3 aromatic rings. The summed E-state index contributed by atoms with van der Waals surface area (Å²) in [5.74, 6) is -2.01. The Hall–Kier alpha value is -3.24. The Kier molecular flexibility index (Phi) is 9.22. The highest BCUT2D eigenvalue weighted by molar-refractivity contribution is 7.89. The second-order valence-corrected chi connectivity index (χ2v) is 10.4. The first-order chi connectivity index (χ1) is 17.2. The second-order valence-electron chi connectivity index (χ2n) is 8.08. The van der Waals surface area contributed by atoms with Gasteiger partial charge in [0.05, 0.1) is 17.5 Å². The third kappa shape index (κ3) is 6.50. The molecular formula is C26H27ClN2O6S. The first-order valence-corrected chi connectivity index (χ1v) is 13.0. The second kappa shape index (κ2) is 12.1. The topological polar surface area (TPSA) is 124 Å². The fourth-order valence-corrected chi connectivity index (χ4v) is 5.56. The van der Waals surface area contributed by atoms with Gasteiger partial charge in [0.1, 0.15) is 0 Å². The molecule has 3 rings (SSSR count). The fourth-order valence-electron chi connectivity index (χ4n) is 3.75. The normalized spacial score (nSPS) is 13.2. The predicted molar refractivity (Wildman–Crippen MR) is 136 cm³/mol. The molecule has 0 aliphatic rings. The molecule has 3 aromatic carbocycles. The zero-order valence-corrected chi connectivity index (χ0v) is 21.1. The molecular weight excluding hydrogens is 504 g/mol. The number of aliphatic carboxylic acids is 1. The van der Waals surface area contributed by atoms with Crippen LogP contribution in [0.1, 0.15) is 40.9 Å². The number of benzene rings is 3. The van der Waals surface area contributed by atoms with Crippen LogP contribution in [0.2, 0.25) is 5.02 Å². The summed E-state index contributed by atoms with van der Waals surface area (Å²) in [6.07, 6.45) is 0.523. The summed E-state index contributed by atoms with van der Waals surface area (Å²) in [5, 5.41) is 20.8. The lowest BCUT2D eigenvalue weighted by Crippen LogP contribution is -2.43. The van der Waals surface area contributed by atoms with Gasteiger partial charge in [0.25, 0.3) is 5.91 Å². The van der Waals surface area contributed by atoms with Gasteiger partial charge in [0.2, 0.25) is 10.0 Å². The lowest BCUT2D eigenvalue weighted by molar-refractivity contribution is -0.140. The monoisotopic (exact) mass is 530 g/mol. The summed E-state index contributed by atoms with van der Waals surface area (Å²) in [4.78, 5) is 23.5. The van der Waals surface area contributed by atoms with E-state index in [2.05, 4.69) is 5.32 Å². The van der Waals surface area contributed by atoms with E-state index in [4.69, 9.17) is 21.8 Å². The van der Waals surface area contributed by atoms with Crippen molar-refractivity contribution in [3.63, 3.8) is 0 Å². The number of aliphatic hydroxyl groups is 1. The Labute approximate surface area is 215 Å². The maximum Gasteiger partial charge on any atom is 0.328 e. The minimum atomic E-state index is -3.93. The van der Waals surface area contributed by atoms with Gasteiger partial charge in [-0.05, 0) is 53.9 Å². The smallest absolute Gasteiger partial charge is 0.328 e. The highest BCUT2D eigenvalue weighted by Gasteiger charge is 2.32. The van der Waals surface area contributed by atoms with Crippen molar-refractivity contribution >= 4 is 33.5 Å². The molecule has 0 bridgehead atoms. The molecule has 0 spiro atoms. The number of sulfonamides is 1. The summed E-state index contributed by atoms with van der Waals surface area (Å²) in [6.45, 7) is 1.21. The minimum absolute atomic E-state index is 0.0364. The van der Waals surface area contributed by atoms with Gasteiger partial charge in [0.15, 0.2) is 6.04 Å². The van der Waals surface area contributed by atoms with Crippen LogP contribution >= 0.6 is 11.6 Å². The SMILES string of the molecule is CCC(c1ccccc1)N(Cc1ccc(C(=O)N[C@H](CO)C(=O)O)cc1)S(=O)(=O)c1ccc(Cl)cc1. The van der Waals surface area contributed by atoms with E-state index in [0.717, 1.165) is 5.56 Å². The van der Waals surface area contributed by atoms with Crippen LogP contribution in [0.5, 0.6) is 0 Å². The van der Waals surface area contributed by atoms with E-state index in [1.165, 1.54) is 40.7 Å². The number of hydrogen-bond donors (Lipinski definition) is 3. The minimum Gasteiger partial charge on any atom is -0.480 e. The van der Waals surface area contributed by atoms with Crippen LogP contribution in [0.4, 0.5) is 0 Å². The number of carboxylic acid groups (broad SMARTS) is 1. The first kappa shape index (κ1) is 27.3. The summed E-state index contributed by atoms with van der Waals surface area (Å²) >= 11 is 5.97. The summed E-state index contributed by atoms with van der Waals surface area (Å²) in [7, 11) is -3.93. The van der Waals surface area contributed by atoms with Gasteiger partial charge in [-0.15, -0.1) is 0 Å². The van der Waals surface area contributed by atoms with Gasteiger partial charge in [-0.25, -0.2) is 13.2 Å². The van der Waals surface area contributed by atoms with Gasteiger partial charge in [-0.2, -0.15) is 4.31 Å². The number of aliphatic hydroxyl groups excluding tert-OH is 1. The number of hydrogen-bond acceptors (Lipinski definition) is 5. The first-order valence-electron chi connectivity index (χ1n) is 11.2. The Morgan fingerprint density at radius 1 is 0.972 bits per heavy atom. The molecule has 10 heteroatoms. The molecule has 36 heavy (non-hydrogen) atoms. The molecule has 3 N–H and O–H groups in total. The van der Waals surface area contributed by atoms with Crippen molar-refractivity contribution in [3.05, 3.63) is 101 Å². The zero-order valence-electron chi connectivity index (χ0n) is 19.5. The van der Waals surface area contributed by atoms with Crippen LogP contribution in [0.3, 0.4) is 0 Å². The third-order valence-electron chi connectivity index (χ3n) is 5.68. The molecule has 1 amide bonds. The van der Waals surface area contributed by atoms with Crippen LogP contribution < -0.4 is 5.32 Å². The molecule has 190 valence electrons. The number of nitrogens with one attached hydrogen (secondary N) is 1. The van der Waals surface area contributed by atoms with Crippen molar-refractivity contribution in [2.45, 2.75) is 36.9 Å². The number of carbonyl (C=O) groups is 2. The molecule has 0 aromatic heterocycles. The number of nitrogens with zero attached hydrogens (tertiary/aromatic N) is 1. The summed E-state index contributed by atoms with van der Waals surface area (Å²) < 4.78 is 28.9. The largest absolute Gasteiger partial charge is 0.480 e. The van der Waals surface area contributed by atoms with Gasteiger partial charge in [0, 0.05) is 17.1 Å². The van der Waals surface area contributed by atoms with E-state index in [9.17, 15) is 18.0 Å². The summed E-state index contributed by atoms with van der Waals surface area (Å²) in [5.41, 5.74) is 1.66.